The number of esters is 1. The van der Waals surface area contributed by atoms with E-state index in [9.17, 15) is 9.59 Å². The molecule has 3 rings (SSSR count). The van der Waals surface area contributed by atoms with Gasteiger partial charge < -0.3 is 19.3 Å². The average Bonchev–Trinajstić information content (AvgIpc) is 2.75. The maximum absolute atomic E-state index is 12.2. The van der Waals surface area contributed by atoms with E-state index in [4.69, 9.17) is 4.74 Å². The number of methoxy groups -OCH3 is 1. The minimum Gasteiger partial charge on any atom is -0.466 e. The zero-order valence-electron chi connectivity index (χ0n) is 17.1. The van der Waals surface area contributed by atoms with Gasteiger partial charge in [-0.05, 0) is 29.7 Å². The van der Waals surface area contributed by atoms with Crippen molar-refractivity contribution in [2.75, 3.05) is 44.8 Å². The third-order valence-electron chi connectivity index (χ3n) is 4.74. The lowest BCUT2D eigenvalue weighted by Crippen LogP contribution is -2.49. The molecule has 154 valence electrons. The zero-order valence-corrected chi connectivity index (χ0v) is 17.1. The Bertz CT molecular complexity index is 902. The predicted octanol–water partition coefficient (Wildman–Crippen LogP) is 3.34. The molecule has 1 aromatic heterocycles. The molecule has 0 saturated carbocycles. The number of anilines is 1. The minimum atomic E-state index is -0.399. The van der Waals surface area contributed by atoms with Crippen LogP contribution in [0.1, 0.15) is 19.4 Å². The average molecular weight is 397 g/mol. The van der Waals surface area contributed by atoms with Crippen molar-refractivity contribution < 1.29 is 19.1 Å². The summed E-state index contributed by atoms with van der Waals surface area (Å²) in [4.78, 5) is 32.1. The van der Waals surface area contributed by atoms with Crippen LogP contribution < -0.4 is 4.90 Å². The number of fused-ring (bicyclic) bond motifs is 1. The van der Waals surface area contributed by atoms with E-state index in [2.05, 4.69) is 14.6 Å². The molecular weight excluding hydrogens is 370 g/mol. The highest BCUT2D eigenvalue weighted by Gasteiger charge is 2.23. The summed E-state index contributed by atoms with van der Waals surface area (Å²) in [7, 11) is 1.35. The van der Waals surface area contributed by atoms with Gasteiger partial charge in [0.05, 0.1) is 24.9 Å². The molecule has 1 amide bonds. The smallest absolute Gasteiger partial charge is 0.409 e. The molecule has 1 aliphatic heterocycles. The fourth-order valence-electron chi connectivity index (χ4n) is 3.20. The van der Waals surface area contributed by atoms with Gasteiger partial charge in [0.1, 0.15) is 0 Å². The summed E-state index contributed by atoms with van der Waals surface area (Å²) in [6.45, 7) is 7.17. The lowest BCUT2D eigenvalue weighted by Gasteiger charge is -2.35. The van der Waals surface area contributed by atoms with E-state index in [-0.39, 0.29) is 6.09 Å². The van der Waals surface area contributed by atoms with E-state index >= 15 is 0 Å². The molecule has 0 radical (unpaired) electrons. The molecule has 1 aliphatic rings. The number of pyridine rings is 1. The molecule has 29 heavy (non-hydrogen) atoms. The summed E-state index contributed by atoms with van der Waals surface area (Å²) in [5.74, 6) is -0.0713. The molecule has 7 nitrogen and oxygen atoms in total. The van der Waals surface area contributed by atoms with Gasteiger partial charge in [-0.3, -0.25) is 4.98 Å². The normalized spacial score (nSPS) is 14.6. The molecule has 2 aromatic rings. The first-order valence-electron chi connectivity index (χ1n) is 9.79. The second kappa shape index (κ2) is 9.41. The first kappa shape index (κ1) is 20.6. The van der Waals surface area contributed by atoms with E-state index in [0.717, 1.165) is 35.2 Å². The number of carbonyl (C=O) groups is 2. The van der Waals surface area contributed by atoms with Crippen molar-refractivity contribution in [1.82, 2.24) is 9.88 Å². The Labute approximate surface area is 170 Å². The van der Waals surface area contributed by atoms with Gasteiger partial charge >= 0.3 is 12.1 Å². The Balaban J connectivity index is 1.70. The van der Waals surface area contributed by atoms with Crippen LogP contribution in [0.2, 0.25) is 0 Å². The highest BCUT2D eigenvalue weighted by atomic mass is 16.6. The zero-order chi connectivity index (χ0) is 20.8. The van der Waals surface area contributed by atoms with Crippen LogP contribution in [-0.2, 0) is 14.3 Å². The molecule has 0 bridgehead atoms. The molecule has 0 aliphatic carbocycles. The molecule has 1 saturated heterocycles. The first-order valence-corrected chi connectivity index (χ1v) is 9.79. The van der Waals surface area contributed by atoms with Crippen molar-refractivity contribution in [3.63, 3.8) is 0 Å². The lowest BCUT2D eigenvalue weighted by molar-refractivity contribution is -0.134. The number of carbonyl (C=O) groups excluding carboxylic acids is 2. The second-order valence-electron chi connectivity index (χ2n) is 7.42. The largest absolute Gasteiger partial charge is 0.466 e. The highest BCUT2D eigenvalue weighted by molar-refractivity contribution is 5.93. The molecule has 0 unspecified atom stereocenters. The number of hydrogen-bond acceptors (Lipinski definition) is 6. The fraction of sp³-hybridized carbons (Fsp3) is 0.409. The number of piperazine rings is 1. The Morgan fingerprint density at radius 1 is 1.21 bits per heavy atom. The van der Waals surface area contributed by atoms with Crippen molar-refractivity contribution in [1.29, 1.82) is 0 Å². The van der Waals surface area contributed by atoms with Gasteiger partial charge in [-0.2, -0.15) is 0 Å². The molecule has 1 aromatic carbocycles. The molecule has 0 atom stereocenters. The molecule has 1 fully saturated rings. The number of rotatable bonds is 5. The van der Waals surface area contributed by atoms with Gasteiger partial charge in [0, 0.05) is 43.8 Å². The van der Waals surface area contributed by atoms with Crippen LogP contribution in [0, 0.1) is 5.92 Å². The molecular formula is C22H27N3O4. The number of para-hydroxylation sites is 1. The number of ether oxygens (including phenoxy) is 2. The van der Waals surface area contributed by atoms with E-state index in [1.54, 1.807) is 17.2 Å². The van der Waals surface area contributed by atoms with Crippen LogP contribution in [0.5, 0.6) is 0 Å². The van der Waals surface area contributed by atoms with E-state index in [1.165, 1.54) is 13.2 Å². The third kappa shape index (κ3) is 5.25. The maximum atomic E-state index is 12.2. The number of hydrogen-bond donors (Lipinski definition) is 0. The van der Waals surface area contributed by atoms with Crippen LogP contribution in [0.25, 0.3) is 17.0 Å². The van der Waals surface area contributed by atoms with Crippen molar-refractivity contribution >= 4 is 34.7 Å². The monoisotopic (exact) mass is 397 g/mol. The Hall–Kier alpha value is -3.09. The summed E-state index contributed by atoms with van der Waals surface area (Å²) >= 11 is 0. The van der Waals surface area contributed by atoms with E-state index < -0.39 is 5.97 Å². The van der Waals surface area contributed by atoms with Gasteiger partial charge in [0.2, 0.25) is 0 Å². The third-order valence-corrected chi connectivity index (χ3v) is 4.74. The predicted molar refractivity (Wildman–Crippen MR) is 113 cm³/mol. The van der Waals surface area contributed by atoms with Crippen molar-refractivity contribution in [3.8, 4) is 0 Å². The standard InChI is InChI=1S/C22H27N3O4/c1-16(2)15-29-22(27)25-11-9-24(10-12-25)19-6-4-5-18-13-17(14-23-21(18)19)7-8-20(26)28-3/h4-8,13-14,16H,9-12,15H2,1-3H3/b8-7+. The van der Waals surface area contributed by atoms with Crippen LogP contribution >= 0.6 is 0 Å². The minimum absolute atomic E-state index is 0.239. The summed E-state index contributed by atoms with van der Waals surface area (Å²) < 4.78 is 9.95. The maximum Gasteiger partial charge on any atom is 0.409 e. The quantitative estimate of drug-likeness (QED) is 0.569. The fourth-order valence-corrected chi connectivity index (χ4v) is 3.20. The van der Waals surface area contributed by atoms with E-state index in [0.29, 0.717) is 25.6 Å². The Morgan fingerprint density at radius 2 is 1.97 bits per heavy atom. The van der Waals surface area contributed by atoms with Crippen LogP contribution in [-0.4, -0.2) is 61.8 Å². The summed E-state index contributed by atoms with van der Waals surface area (Å²) in [5.41, 5.74) is 2.78. The number of nitrogens with zero attached hydrogens (tertiary/aromatic N) is 3. The molecule has 7 heteroatoms. The van der Waals surface area contributed by atoms with Gasteiger partial charge in [-0.1, -0.05) is 26.0 Å². The molecule has 0 N–H and O–H groups in total. The summed E-state index contributed by atoms with van der Waals surface area (Å²) in [6, 6.07) is 8.04. The van der Waals surface area contributed by atoms with Crippen molar-refractivity contribution in [2.24, 2.45) is 5.92 Å². The summed E-state index contributed by atoms with van der Waals surface area (Å²) in [6.07, 6.45) is 4.57. The Morgan fingerprint density at radius 3 is 2.66 bits per heavy atom. The first-order chi connectivity index (χ1) is 14.0. The van der Waals surface area contributed by atoms with Gasteiger partial charge in [-0.15, -0.1) is 0 Å². The number of aromatic nitrogens is 1. The van der Waals surface area contributed by atoms with Crippen LogP contribution in [0.4, 0.5) is 10.5 Å². The van der Waals surface area contributed by atoms with Crippen molar-refractivity contribution in [2.45, 2.75) is 13.8 Å². The van der Waals surface area contributed by atoms with Crippen LogP contribution in [0.15, 0.2) is 36.5 Å². The van der Waals surface area contributed by atoms with Gasteiger partial charge in [0.15, 0.2) is 0 Å². The molecule has 0 spiro atoms. The van der Waals surface area contributed by atoms with Gasteiger partial charge in [0.25, 0.3) is 0 Å². The Kier molecular flexibility index (Phi) is 6.69. The van der Waals surface area contributed by atoms with E-state index in [1.807, 2.05) is 38.1 Å². The lowest BCUT2D eigenvalue weighted by atomic mass is 10.1. The highest BCUT2D eigenvalue weighted by Crippen LogP contribution is 2.27. The SMILES string of the molecule is COC(=O)/C=C/c1cnc2c(N3CCN(C(=O)OCC(C)C)CC3)cccc2c1. The number of amides is 1. The summed E-state index contributed by atoms with van der Waals surface area (Å²) in [5, 5.41) is 0.994. The number of benzene rings is 1. The van der Waals surface area contributed by atoms with Crippen LogP contribution in [0.3, 0.4) is 0 Å². The van der Waals surface area contributed by atoms with Crippen molar-refractivity contribution in [3.05, 3.63) is 42.1 Å². The van der Waals surface area contributed by atoms with Gasteiger partial charge in [-0.25, -0.2) is 9.59 Å². The molecule has 2 heterocycles. The topological polar surface area (TPSA) is 72.0 Å². The second-order valence-corrected chi connectivity index (χ2v) is 7.42.